The van der Waals surface area contributed by atoms with E-state index in [0.29, 0.717) is 29.5 Å². The quantitative estimate of drug-likeness (QED) is 0.677. The third-order valence-electron chi connectivity index (χ3n) is 3.82. The normalized spacial score (nSPS) is 12.5. The second kappa shape index (κ2) is 6.31. The molecule has 0 fully saturated rings. The summed E-state index contributed by atoms with van der Waals surface area (Å²) < 4.78 is 57.0. The number of aryl methyl sites for hydroxylation is 1. The van der Waals surface area contributed by atoms with Crippen molar-refractivity contribution in [3.8, 4) is 17.1 Å². The monoisotopic (exact) mass is 381 g/mol. The standard InChI is InChI=1S/C17H17F2N3O3S/c1-4-26(23,24)14-8-6-5-7-12(14)15-21-13-9-11(25-17(2,18)19)10-20-16(13)22(15)3/h5-10H,4H2,1-3H3. The topological polar surface area (TPSA) is 74.1 Å². The number of hydrogen-bond donors (Lipinski definition) is 0. The van der Waals surface area contributed by atoms with Gasteiger partial charge in [0.1, 0.15) is 17.1 Å². The minimum absolute atomic E-state index is 0.0459. The van der Waals surface area contributed by atoms with Crippen molar-refractivity contribution in [2.24, 2.45) is 7.05 Å². The van der Waals surface area contributed by atoms with Crippen LogP contribution in [0.5, 0.6) is 5.75 Å². The van der Waals surface area contributed by atoms with Gasteiger partial charge in [0.15, 0.2) is 15.5 Å². The summed E-state index contributed by atoms with van der Waals surface area (Å²) in [6.07, 6.45) is -2.16. The Labute approximate surface area is 149 Å². The maximum Gasteiger partial charge on any atom is 0.394 e. The molecule has 3 aromatic rings. The molecule has 3 rings (SSSR count). The molecule has 0 bridgehead atoms. The van der Waals surface area contributed by atoms with Gasteiger partial charge in [-0.1, -0.05) is 19.1 Å². The molecule has 0 unspecified atom stereocenters. The van der Waals surface area contributed by atoms with E-state index in [0.717, 1.165) is 0 Å². The third-order valence-corrected chi connectivity index (χ3v) is 5.61. The molecule has 0 radical (unpaired) electrons. The lowest BCUT2D eigenvalue weighted by Gasteiger charge is -2.12. The van der Waals surface area contributed by atoms with E-state index in [9.17, 15) is 17.2 Å². The van der Waals surface area contributed by atoms with Crippen molar-refractivity contribution in [1.29, 1.82) is 0 Å². The zero-order valence-electron chi connectivity index (χ0n) is 14.4. The van der Waals surface area contributed by atoms with Crippen LogP contribution in [0.25, 0.3) is 22.6 Å². The number of sulfone groups is 1. The minimum Gasteiger partial charge on any atom is -0.431 e. The van der Waals surface area contributed by atoms with Gasteiger partial charge in [-0.25, -0.2) is 18.4 Å². The fraction of sp³-hybridized carbons (Fsp3) is 0.294. The van der Waals surface area contributed by atoms with Crippen molar-refractivity contribution in [2.45, 2.75) is 24.9 Å². The Morgan fingerprint density at radius 1 is 1.27 bits per heavy atom. The molecule has 0 aliphatic rings. The van der Waals surface area contributed by atoms with Gasteiger partial charge in [-0.05, 0) is 12.1 Å². The number of alkyl halides is 2. The van der Waals surface area contributed by atoms with Crippen LogP contribution in [0.4, 0.5) is 8.78 Å². The van der Waals surface area contributed by atoms with Gasteiger partial charge in [0.05, 0.1) is 16.8 Å². The molecular weight excluding hydrogens is 364 g/mol. The molecule has 0 saturated carbocycles. The summed E-state index contributed by atoms with van der Waals surface area (Å²) in [5, 5.41) is 0. The summed E-state index contributed by atoms with van der Waals surface area (Å²) in [7, 11) is -1.78. The van der Waals surface area contributed by atoms with Crippen molar-refractivity contribution in [1.82, 2.24) is 14.5 Å². The van der Waals surface area contributed by atoms with Crippen molar-refractivity contribution >= 4 is 21.0 Å². The maximum absolute atomic E-state index is 13.0. The first-order chi connectivity index (χ1) is 12.1. The Morgan fingerprint density at radius 3 is 2.62 bits per heavy atom. The van der Waals surface area contributed by atoms with E-state index < -0.39 is 15.9 Å². The van der Waals surface area contributed by atoms with Gasteiger partial charge in [0, 0.05) is 25.6 Å². The number of ether oxygens (including phenoxy) is 1. The summed E-state index contributed by atoms with van der Waals surface area (Å²) >= 11 is 0. The van der Waals surface area contributed by atoms with Crippen molar-refractivity contribution < 1.29 is 21.9 Å². The molecule has 0 amide bonds. The highest BCUT2D eigenvalue weighted by Crippen LogP contribution is 2.31. The highest BCUT2D eigenvalue weighted by molar-refractivity contribution is 7.91. The van der Waals surface area contributed by atoms with Crippen LogP contribution in [0.15, 0.2) is 41.4 Å². The Hall–Kier alpha value is -2.55. The Morgan fingerprint density at radius 2 is 1.96 bits per heavy atom. The molecule has 0 aliphatic carbocycles. The fourth-order valence-corrected chi connectivity index (χ4v) is 3.73. The summed E-state index contributed by atoms with van der Waals surface area (Å²) in [5.74, 6) is 0.208. The number of fused-ring (bicyclic) bond motifs is 1. The largest absolute Gasteiger partial charge is 0.431 e. The molecule has 26 heavy (non-hydrogen) atoms. The highest BCUT2D eigenvalue weighted by Gasteiger charge is 2.25. The zero-order valence-corrected chi connectivity index (χ0v) is 15.2. The van der Waals surface area contributed by atoms with Gasteiger partial charge >= 0.3 is 6.11 Å². The van der Waals surface area contributed by atoms with Gasteiger partial charge in [0.25, 0.3) is 0 Å². The van der Waals surface area contributed by atoms with Crippen LogP contribution in [-0.4, -0.2) is 34.8 Å². The van der Waals surface area contributed by atoms with Gasteiger partial charge in [-0.2, -0.15) is 8.78 Å². The predicted molar refractivity (Wildman–Crippen MR) is 92.9 cm³/mol. The number of rotatable bonds is 5. The first-order valence-electron chi connectivity index (χ1n) is 7.84. The number of nitrogens with zero attached hydrogens (tertiary/aromatic N) is 3. The molecule has 0 atom stereocenters. The Bertz CT molecular complexity index is 1070. The van der Waals surface area contributed by atoms with E-state index in [1.54, 1.807) is 36.7 Å². The lowest BCUT2D eigenvalue weighted by Crippen LogP contribution is -2.19. The lowest BCUT2D eigenvalue weighted by atomic mass is 10.2. The summed E-state index contributed by atoms with van der Waals surface area (Å²) in [5.41, 5.74) is 1.18. The smallest absolute Gasteiger partial charge is 0.394 e. The molecule has 9 heteroatoms. The molecule has 138 valence electrons. The molecular formula is C17H17F2N3O3S. The van der Waals surface area contributed by atoms with E-state index in [1.165, 1.54) is 18.3 Å². The van der Waals surface area contributed by atoms with Crippen LogP contribution in [0.1, 0.15) is 13.8 Å². The molecule has 0 aliphatic heterocycles. The van der Waals surface area contributed by atoms with Crippen LogP contribution < -0.4 is 4.74 Å². The first-order valence-corrected chi connectivity index (χ1v) is 9.49. The van der Waals surface area contributed by atoms with E-state index in [-0.39, 0.29) is 16.4 Å². The van der Waals surface area contributed by atoms with E-state index in [4.69, 9.17) is 0 Å². The van der Waals surface area contributed by atoms with Crippen LogP contribution in [0.3, 0.4) is 0 Å². The maximum atomic E-state index is 13.0. The molecule has 1 aromatic carbocycles. The zero-order chi connectivity index (χ0) is 19.1. The lowest BCUT2D eigenvalue weighted by molar-refractivity contribution is -0.159. The number of pyridine rings is 1. The van der Waals surface area contributed by atoms with Gasteiger partial charge in [0.2, 0.25) is 0 Å². The van der Waals surface area contributed by atoms with E-state index >= 15 is 0 Å². The molecule has 0 saturated heterocycles. The van der Waals surface area contributed by atoms with Gasteiger partial charge < -0.3 is 9.30 Å². The highest BCUT2D eigenvalue weighted by atomic mass is 32.2. The Balaban J connectivity index is 2.17. The van der Waals surface area contributed by atoms with Crippen molar-refractivity contribution in [3.63, 3.8) is 0 Å². The van der Waals surface area contributed by atoms with E-state index in [2.05, 4.69) is 14.7 Å². The number of imidazole rings is 1. The SMILES string of the molecule is CCS(=O)(=O)c1ccccc1-c1nc2cc(OC(C)(F)F)cnc2n1C. The summed E-state index contributed by atoms with van der Waals surface area (Å²) in [6, 6.07) is 7.87. The first kappa shape index (κ1) is 18.2. The molecule has 6 nitrogen and oxygen atoms in total. The fourth-order valence-electron chi connectivity index (χ4n) is 2.64. The number of aromatic nitrogens is 3. The van der Waals surface area contributed by atoms with Crippen LogP contribution in [0, 0.1) is 0 Å². The molecule has 0 spiro atoms. The Kier molecular flexibility index (Phi) is 4.43. The molecule has 2 heterocycles. The second-order valence-electron chi connectivity index (χ2n) is 5.82. The predicted octanol–water partition coefficient (Wildman–Crippen LogP) is 3.42. The number of halogens is 2. The average Bonchev–Trinajstić information content (AvgIpc) is 2.89. The number of hydrogen-bond acceptors (Lipinski definition) is 5. The van der Waals surface area contributed by atoms with Crippen molar-refractivity contribution in [2.75, 3.05) is 5.75 Å². The van der Waals surface area contributed by atoms with Crippen molar-refractivity contribution in [3.05, 3.63) is 36.5 Å². The van der Waals surface area contributed by atoms with E-state index in [1.807, 2.05) is 0 Å². The van der Waals surface area contributed by atoms with Gasteiger partial charge in [-0.15, -0.1) is 0 Å². The molecule has 2 aromatic heterocycles. The minimum atomic E-state index is -3.46. The molecule has 0 N–H and O–H groups in total. The van der Waals surface area contributed by atoms with Crippen LogP contribution in [-0.2, 0) is 16.9 Å². The summed E-state index contributed by atoms with van der Waals surface area (Å²) in [6.45, 7) is 2.20. The van der Waals surface area contributed by atoms with Crippen LogP contribution >= 0.6 is 0 Å². The summed E-state index contributed by atoms with van der Waals surface area (Å²) in [4.78, 5) is 8.67. The number of benzene rings is 1. The average molecular weight is 381 g/mol. The van der Waals surface area contributed by atoms with Crippen LogP contribution in [0.2, 0.25) is 0 Å². The van der Waals surface area contributed by atoms with Gasteiger partial charge in [-0.3, -0.25) is 0 Å². The third kappa shape index (κ3) is 3.39. The second-order valence-corrected chi connectivity index (χ2v) is 8.06.